The zero-order chi connectivity index (χ0) is 18.8. The van der Waals surface area contributed by atoms with Gasteiger partial charge in [0.25, 0.3) is 0 Å². The lowest BCUT2D eigenvalue weighted by molar-refractivity contribution is 0.471. The summed E-state index contributed by atoms with van der Waals surface area (Å²) in [6.07, 6.45) is 3.23. The Labute approximate surface area is 166 Å². The molecule has 6 heteroatoms. The van der Waals surface area contributed by atoms with E-state index in [1.54, 1.807) is 24.5 Å². The summed E-state index contributed by atoms with van der Waals surface area (Å²) in [5.74, 6) is 0.754. The van der Waals surface area contributed by atoms with Gasteiger partial charge in [0.15, 0.2) is 0 Å². The van der Waals surface area contributed by atoms with Gasteiger partial charge in [-0.05, 0) is 35.9 Å². The van der Waals surface area contributed by atoms with E-state index in [0.29, 0.717) is 26.9 Å². The molecule has 2 heterocycles. The summed E-state index contributed by atoms with van der Waals surface area (Å²) in [7, 11) is 0. The van der Waals surface area contributed by atoms with Gasteiger partial charge in [-0.1, -0.05) is 53.5 Å². The second kappa shape index (κ2) is 7.43. The Bertz CT molecular complexity index is 1100. The van der Waals surface area contributed by atoms with Crippen molar-refractivity contribution in [3.63, 3.8) is 0 Å². The van der Waals surface area contributed by atoms with Crippen molar-refractivity contribution in [1.29, 1.82) is 0 Å². The molecule has 0 aliphatic rings. The first-order chi connectivity index (χ1) is 13.1. The minimum Gasteiger partial charge on any atom is -0.505 e. The maximum atomic E-state index is 10.9. The van der Waals surface area contributed by atoms with Crippen LogP contribution in [0.2, 0.25) is 10.0 Å². The van der Waals surface area contributed by atoms with Crippen molar-refractivity contribution < 1.29 is 5.11 Å². The summed E-state index contributed by atoms with van der Waals surface area (Å²) in [4.78, 5) is 8.63. The average Bonchev–Trinajstić information content (AvgIpc) is 2.68. The monoisotopic (exact) mass is 395 g/mol. The van der Waals surface area contributed by atoms with Crippen molar-refractivity contribution in [2.45, 2.75) is 6.04 Å². The fourth-order valence-electron chi connectivity index (χ4n) is 3.01. The Morgan fingerprint density at radius 1 is 0.889 bits per heavy atom. The number of benzene rings is 2. The molecule has 0 amide bonds. The average molecular weight is 396 g/mol. The number of fused-ring (bicyclic) bond motifs is 1. The SMILES string of the molecule is Oc1c(C(Nc2ccc(Cl)cn2)c2cccc(Cl)c2)ccc2cccnc12. The van der Waals surface area contributed by atoms with Gasteiger partial charge in [0.1, 0.15) is 17.1 Å². The third-order valence-electron chi connectivity index (χ3n) is 4.29. The van der Waals surface area contributed by atoms with Crippen LogP contribution in [0.1, 0.15) is 17.2 Å². The summed E-state index contributed by atoms with van der Waals surface area (Å²) in [5, 5.41) is 16.3. The van der Waals surface area contributed by atoms with Crippen LogP contribution < -0.4 is 5.32 Å². The van der Waals surface area contributed by atoms with Crippen LogP contribution in [0.4, 0.5) is 5.82 Å². The molecule has 2 N–H and O–H groups in total. The summed E-state index contributed by atoms with van der Waals surface area (Å²) in [6, 6.07) is 18.2. The number of hydrogen-bond acceptors (Lipinski definition) is 4. The van der Waals surface area contributed by atoms with Crippen molar-refractivity contribution in [3.05, 3.63) is 94.2 Å². The van der Waals surface area contributed by atoms with Gasteiger partial charge in [0.05, 0.1) is 11.1 Å². The number of aromatic nitrogens is 2. The molecule has 0 saturated carbocycles. The number of phenols is 1. The molecular formula is C21H15Cl2N3O. The van der Waals surface area contributed by atoms with Gasteiger partial charge >= 0.3 is 0 Å². The Kier molecular flexibility index (Phi) is 4.84. The van der Waals surface area contributed by atoms with Gasteiger partial charge in [0, 0.05) is 28.4 Å². The molecule has 0 fully saturated rings. The lowest BCUT2D eigenvalue weighted by Crippen LogP contribution is -2.13. The van der Waals surface area contributed by atoms with E-state index < -0.39 is 0 Å². The summed E-state index contributed by atoms with van der Waals surface area (Å²) >= 11 is 12.1. The lowest BCUT2D eigenvalue weighted by Gasteiger charge is -2.22. The number of rotatable bonds is 4. The summed E-state index contributed by atoms with van der Waals surface area (Å²) in [6.45, 7) is 0. The van der Waals surface area contributed by atoms with Crippen molar-refractivity contribution >= 4 is 39.9 Å². The van der Waals surface area contributed by atoms with Crippen molar-refractivity contribution in [2.24, 2.45) is 0 Å². The van der Waals surface area contributed by atoms with Crippen LogP contribution in [0.25, 0.3) is 10.9 Å². The van der Waals surface area contributed by atoms with Crippen LogP contribution in [-0.4, -0.2) is 15.1 Å². The first kappa shape index (κ1) is 17.6. The topological polar surface area (TPSA) is 58.0 Å². The molecule has 0 radical (unpaired) electrons. The number of halogens is 2. The lowest BCUT2D eigenvalue weighted by atomic mass is 9.96. The summed E-state index contributed by atoms with van der Waals surface area (Å²) < 4.78 is 0. The van der Waals surface area contributed by atoms with E-state index in [0.717, 1.165) is 10.9 Å². The highest BCUT2D eigenvalue weighted by Gasteiger charge is 2.20. The zero-order valence-electron chi connectivity index (χ0n) is 14.1. The van der Waals surface area contributed by atoms with Gasteiger partial charge in [-0.2, -0.15) is 0 Å². The van der Waals surface area contributed by atoms with Crippen LogP contribution in [0.15, 0.2) is 73.1 Å². The van der Waals surface area contributed by atoms with E-state index >= 15 is 0 Å². The molecular weight excluding hydrogens is 381 g/mol. The minimum absolute atomic E-state index is 0.125. The van der Waals surface area contributed by atoms with E-state index in [1.807, 2.05) is 48.5 Å². The highest BCUT2D eigenvalue weighted by molar-refractivity contribution is 6.30. The van der Waals surface area contributed by atoms with Crippen LogP contribution in [0.3, 0.4) is 0 Å². The van der Waals surface area contributed by atoms with E-state index in [1.165, 1.54) is 0 Å². The van der Waals surface area contributed by atoms with Gasteiger partial charge in [-0.25, -0.2) is 4.98 Å². The van der Waals surface area contributed by atoms with Crippen LogP contribution >= 0.6 is 23.2 Å². The standard InChI is InChI=1S/C21H15Cl2N3O/c22-15-5-1-3-14(11-15)19(26-18-9-7-16(23)12-25-18)17-8-6-13-4-2-10-24-20(13)21(17)27/h1-12,19,27H,(H,25,26). The molecule has 134 valence electrons. The number of hydrogen-bond donors (Lipinski definition) is 2. The fourth-order valence-corrected chi connectivity index (χ4v) is 3.32. The highest BCUT2D eigenvalue weighted by Crippen LogP contribution is 2.36. The predicted octanol–water partition coefficient (Wildman–Crippen LogP) is 5.84. The second-order valence-electron chi connectivity index (χ2n) is 6.07. The number of phenolic OH excluding ortho intramolecular Hbond substituents is 1. The van der Waals surface area contributed by atoms with E-state index in [9.17, 15) is 5.11 Å². The molecule has 4 nitrogen and oxygen atoms in total. The Morgan fingerprint density at radius 2 is 1.78 bits per heavy atom. The molecule has 2 aromatic carbocycles. The molecule has 0 aliphatic carbocycles. The molecule has 1 unspecified atom stereocenters. The van der Waals surface area contributed by atoms with E-state index in [4.69, 9.17) is 23.2 Å². The number of pyridine rings is 2. The third-order valence-corrected chi connectivity index (χ3v) is 4.75. The molecule has 0 bridgehead atoms. The van der Waals surface area contributed by atoms with E-state index in [-0.39, 0.29) is 11.8 Å². The molecule has 4 rings (SSSR count). The van der Waals surface area contributed by atoms with Crippen LogP contribution in [0, 0.1) is 0 Å². The zero-order valence-corrected chi connectivity index (χ0v) is 15.6. The molecule has 1 atom stereocenters. The van der Waals surface area contributed by atoms with Crippen LogP contribution in [0.5, 0.6) is 5.75 Å². The minimum atomic E-state index is -0.371. The molecule has 0 saturated heterocycles. The van der Waals surface area contributed by atoms with Crippen molar-refractivity contribution in [1.82, 2.24) is 9.97 Å². The normalized spacial score (nSPS) is 12.1. The fraction of sp³-hybridized carbons (Fsp3) is 0.0476. The van der Waals surface area contributed by atoms with Gasteiger partial charge in [0.2, 0.25) is 0 Å². The maximum absolute atomic E-state index is 10.9. The Morgan fingerprint density at radius 3 is 2.56 bits per heavy atom. The molecule has 27 heavy (non-hydrogen) atoms. The van der Waals surface area contributed by atoms with Gasteiger partial charge < -0.3 is 10.4 Å². The quantitative estimate of drug-likeness (QED) is 0.455. The smallest absolute Gasteiger partial charge is 0.147 e. The largest absolute Gasteiger partial charge is 0.505 e. The Balaban J connectivity index is 1.84. The first-order valence-electron chi connectivity index (χ1n) is 8.32. The van der Waals surface area contributed by atoms with E-state index in [2.05, 4.69) is 15.3 Å². The molecule has 0 aliphatic heterocycles. The molecule has 0 spiro atoms. The maximum Gasteiger partial charge on any atom is 0.147 e. The molecule has 2 aromatic heterocycles. The number of nitrogens with zero attached hydrogens (tertiary/aromatic N) is 2. The van der Waals surface area contributed by atoms with Crippen molar-refractivity contribution in [2.75, 3.05) is 5.32 Å². The number of anilines is 1. The van der Waals surface area contributed by atoms with Crippen molar-refractivity contribution in [3.8, 4) is 5.75 Å². The summed E-state index contributed by atoms with van der Waals surface area (Å²) in [5.41, 5.74) is 2.12. The molecule has 4 aromatic rings. The number of nitrogens with one attached hydrogen (secondary N) is 1. The van der Waals surface area contributed by atoms with Crippen LogP contribution in [-0.2, 0) is 0 Å². The van der Waals surface area contributed by atoms with Gasteiger partial charge in [-0.3, -0.25) is 4.98 Å². The third kappa shape index (κ3) is 3.68. The van der Waals surface area contributed by atoms with Gasteiger partial charge in [-0.15, -0.1) is 0 Å². The highest BCUT2D eigenvalue weighted by atomic mass is 35.5. The Hall–Kier alpha value is -2.82. The number of aromatic hydroxyl groups is 1. The predicted molar refractivity (Wildman–Crippen MR) is 110 cm³/mol. The first-order valence-corrected chi connectivity index (χ1v) is 9.07. The second-order valence-corrected chi connectivity index (χ2v) is 6.95.